The van der Waals surface area contributed by atoms with Gasteiger partial charge in [-0.25, -0.2) is 0 Å². The molecule has 2 unspecified atom stereocenters. The van der Waals surface area contributed by atoms with Gasteiger partial charge in [0.05, 0.1) is 6.10 Å². The molecule has 0 amide bonds. The lowest BCUT2D eigenvalue weighted by Gasteiger charge is -2.19. The van der Waals surface area contributed by atoms with Gasteiger partial charge in [0.2, 0.25) is 0 Å². The van der Waals surface area contributed by atoms with Gasteiger partial charge in [0.15, 0.2) is 0 Å². The highest BCUT2D eigenvalue weighted by atomic mass is 16.5. The summed E-state index contributed by atoms with van der Waals surface area (Å²) in [6, 6.07) is 4.40. The third-order valence-electron chi connectivity index (χ3n) is 3.58. The molecule has 1 aliphatic rings. The van der Waals surface area contributed by atoms with Crippen molar-refractivity contribution in [1.82, 2.24) is 4.57 Å². The molecule has 0 saturated carbocycles. The average molecular weight is 207 g/mol. The fourth-order valence-electron chi connectivity index (χ4n) is 2.57. The van der Waals surface area contributed by atoms with E-state index in [0.717, 1.165) is 19.6 Å². The van der Waals surface area contributed by atoms with Crippen LogP contribution in [-0.4, -0.2) is 17.3 Å². The second-order valence-corrected chi connectivity index (χ2v) is 4.59. The molecule has 1 aromatic rings. The molecular formula is C13H21NO. The first-order chi connectivity index (χ1) is 7.22. The first-order valence-corrected chi connectivity index (χ1v) is 5.96. The maximum Gasteiger partial charge on any atom is 0.0618 e. The number of hydrogen-bond acceptors (Lipinski definition) is 1. The van der Waals surface area contributed by atoms with Gasteiger partial charge in [-0.2, -0.15) is 0 Å². The standard InChI is InChI=1S/C13H21NO/c1-4-13-12(7-8-15-13)9-14-10(2)5-6-11(14)3/h5-6,12-13H,4,7-9H2,1-3H3. The van der Waals surface area contributed by atoms with Crippen LogP contribution in [-0.2, 0) is 11.3 Å². The second-order valence-electron chi connectivity index (χ2n) is 4.59. The van der Waals surface area contributed by atoms with Crippen molar-refractivity contribution in [2.24, 2.45) is 5.92 Å². The van der Waals surface area contributed by atoms with Gasteiger partial charge in [-0.15, -0.1) is 0 Å². The van der Waals surface area contributed by atoms with Crippen molar-refractivity contribution in [3.05, 3.63) is 23.5 Å². The van der Waals surface area contributed by atoms with Crippen molar-refractivity contribution >= 4 is 0 Å². The topological polar surface area (TPSA) is 14.2 Å². The molecule has 1 aromatic heterocycles. The summed E-state index contributed by atoms with van der Waals surface area (Å²) in [6.45, 7) is 8.66. The summed E-state index contributed by atoms with van der Waals surface area (Å²) in [5.41, 5.74) is 2.74. The number of nitrogens with zero attached hydrogens (tertiary/aromatic N) is 1. The molecule has 0 N–H and O–H groups in total. The summed E-state index contributed by atoms with van der Waals surface area (Å²) in [5, 5.41) is 0. The van der Waals surface area contributed by atoms with Gasteiger partial charge in [-0.1, -0.05) is 6.92 Å². The van der Waals surface area contributed by atoms with Crippen LogP contribution in [0, 0.1) is 19.8 Å². The molecule has 2 rings (SSSR count). The fraction of sp³-hybridized carbons (Fsp3) is 0.692. The molecule has 1 aliphatic heterocycles. The number of aromatic nitrogens is 1. The zero-order chi connectivity index (χ0) is 10.8. The normalized spacial score (nSPS) is 26.1. The van der Waals surface area contributed by atoms with Crippen LogP contribution in [0.3, 0.4) is 0 Å². The van der Waals surface area contributed by atoms with Gasteiger partial charge in [0.25, 0.3) is 0 Å². The molecule has 1 saturated heterocycles. The lowest BCUT2D eigenvalue weighted by Crippen LogP contribution is -2.21. The molecule has 0 aromatic carbocycles. The van der Waals surface area contributed by atoms with Crippen molar-refractivity contribution in [2.75, 3.05) is 6.61 Å². The van der Waals surface area contributed by atoms with Crippen LogP contribution < -0.4 is 0 Å². The molecular weight excluding hydrogens is 186 g/mol. The van der Waals surface area contributed by atoms with E-state index < -0.39 is 0 Å². The molecule has 84 valence electrons. The monoisotopic (exact) mass is 207 g/mol. The first kappa shape index (κ1) is 10.7. The van der Waals surface area contributed by atoms with E-state index in [4.69, 9.17) is 4.74 Å². The van der Waals surface area contributed by atoms with Crippen molar-refractivity contribution in [3.63, 3.8) is 0 Å². The largest absolute Gasteiger partial charge is 0.378 e. The highest BCUT2D eigenvalue weighted by molar-refractivity contribution is 5.13. The third kappa shape index (κ3) is 2.10. The zero-order valence-corrected chi connectivity index (χ0v) is 9.99. The maximum absolute atomic E-state index is 5.73. The van der Waals surface area contributed by atoms with E-state index in [-0.39, 0.29) is 0 Å². The summed E-state index contributed by atoms with van der Waals surface area (Å²) in [6.07, 6.45) is 2.84. The van der Waals surface area contributed by atoms with E-state index in [2.05, 4.69) is 37.5 Å². The molecule has 0 aliphatic carbocycles. The quantitative estimate of drug-likeness (QED) is 0.743. The second kappa shape index (κ2) is 4.40. The third-order valence-corrected chi connectivity index (χ3v) is 3.58. The Labute approximate surface area is 92.2 Å². The summed E-state index contributed by atoms with van der Waals surface area (Å²) in [5.74, 6) is 0.708. The summed E-state index contributed by atoms with van der Waals surface area (Å²) in [4.78, 5) is 0. The zero-order valence-electron chi connectivity index (χ0n) is 9.99. The molecule has 2 atom stereocenters. The van der Waals surface area contributed by atoms with Gasteiger partial charge >= 0.3 is 0 Å². The van der Waals surface area contributed by atoms with Gasteiger partial charge in [0.1, 0.15) is 0 Å². The average Bonchev–Trinajstić information content (AvgIpc) is 2.79. The minimum atomic E-state index is 0.478. The van der Waals surface area contributed by atoms with Crippen molar-refractivity contribution in [2.45, 2.75) is 46.3 Å². The highest BCUT2D eigenvalue weighted by Crippen LogP contribution is 2.26. The molecule has 2 heterocycles. The van der Waals surface area contributed by atoms with Crippen LogP contribution in [0.1, 0.15) is 31.2 Å². The van der Waals surface area contributed by atoms with Crippen LogP contribution in [0.15, 0.2) is 12.1 Å². The molecule has 15 heavy (non-hydrogen) atoms. The Morgan fingerprint density at radius 2 is 2.00 bits per heavy atom. The minimum Gasteiger partial charge on any atom is -0.378 e. The smallest absolute Gasteiger partial charge is 0.0618 e. The molecule has 1 fully saturated rings. The van der Waals surface area contributed by atoms with Gasteiger partial charge in [0, 0.05) is 30.5 Å². The van der Waals surface area contributed by atoms with Crippen LogP contribution in [0.4, 0.5) is 0 Å². The van der Waals surface area contributed by atoms with Crippen molar-refractivity contribution in [1.29, 1.82) is 0 Å². The molecule has 0 spiro atoms. The highest BCUT2D eigenvalue weighted by Gasteiger charge is 2.27. The van der Waals surface area contributed by atoms with E-state index in [0.29, 0.717) is 12.0 Å². The SMILES string of the molecule is CCC1OCCC1Cn1c(C)ccc1C. The summed E-state index contributed by atoms with van der Waals surface area (Å²) < 4.78 is 8.15. The Balaban J connectivity index is 2.08. The first-order valence-electron chi connectivity index (χ1n) is 5.96. The Kier molecular flexibility index (Phi) is 3.15. The van der Waals surface area contributed by atoms with Crippen molar-refractivity contribution < 1.29 is 4.74 Å². The Bertz CT molecular complexity index is 310. The lowest BCUT2D eigenvalue weighted by atomic mass is 9.99. The maximum atomic E-state index is 5.73. The predicted octanol–water partition coefficient (Wildman–Crippen LogP) is 2.92. The van der Waals surface area contributed by atoms with Gasteiger partial charge < -0.3 is 9.30 Å². The van der Waals surface area contributed by atoms with E-state index >= 15 is 0 Å². The van der Waals surface area contributed by atoms with Crippen LogP contribution in [0.5, 0.6) is 0 Å². The van der Waals surface area contributed by atoms with Gasteiger partial charge in [-0.3, -0.25) is 0 Å². The fourth-order valence-corrected chi connectivity index (χ4v) is 2.57. The molecule has 2 heteroatoms. The Morgan fingerprint density at radius 1 is 1.33 bits per heavy atom. The van der Waals surface area contributed by atoms with E-state index in [1.807, 2.05) is 0 Å². The van der Waals surface area contributed by atoms with Crippen LogP contribution in [0.25, 0.3) is 0 Å². The summed E-state index contributed by atoms with van der Waals surface area (Å²) >= 11 is 0. The molecule has 0 radical (unpaired) electrons. The van der Waals surface area contributed by atoms with Gasteiger partial charge in [-0.05, 0) is 38.8 Å². The number of rotatable bonds is 3. The molecule has 2 nitrogen and oxygen atoms in total. The number of aryl methyl sites for hydroxylation is 2. The number of ether oxygens (including phenoxy) is 1. The van der Waals surface area contributed by atoms with Crippen LogP contribution >= 0.6 is 0 Å². The van der Waals surface area contributed by atoms with E-state index in [1.165, 1.54) is 17.8 Å². The lowest BCUT2D eigenvalue weighted by molar-refractivity contribution is 0.0832. The summed E-state index contributed by atoms with van der Waals surface area (Å²) in [7, 11) is 0. The van der Waals surface area contributed by atoms with E-state index in [9.17, 15) is 0 Å². The molecule has 0 bridgehead atoms. The predicted molar refractivity (Wildman–Crippen MR) is 62.0 cm³/mol. The Hall–Kier alpha value is -0.760. The van der Waals surface area contributed by atoms with Crippen molar-refractivity contribution in [3.8, 4) is 0 Å². The van der Waals surface area contributed by atoms with E-state index in [1.54, 1.807) is 0 Å². The van der Waals surface area contributed by atoms with Crippen LogP contribution in [0.2, 0.25) is 0 Å². The number of hydrogen-bond donors (Lipinski definition) is 0. The minimum absolute atomic E-state index is 0.478. The Morgan fingerprint density at radius 3 is 2.60 bits per heavy atom.